The van der Waals surface area contributed by atoms with Gasteiger partial charge in [0.1, 0.15) is 0 Å². The molecule has 0 aromatic heterocycles. The maximum absolute atomic E-state index is 12.2. The molecule has 1 aromatic carbocycles. The molecule has 7 heteroatoms. The number of nitrogens with zero attached hydrogens (tertiary/aromatic N) is 1. The molecule has 1 heterocycles. The lowest BCUT2D eigenvalue weighted by Gasteiger charge is -2.29. The largest absolute Gasteiger partial charge is 0.478 e. The summed E-state index contributed by atoms with van der Waals surface area (Å²) in [6.45, 7) is -0.0161. The quantitative estimate of drug-likeness (QED) is 0.930. The fourth-order valence-electron chi connectivity index (χ4n) is 2.38. The van der Waals surface area contributed by atoms with E-state index < -0.39 is 18.6 Å². The van der Waals surface area contributed by atoms with Gasteiger partial charge in [0.25, 0.3) is 0 Å². The lowest BCUT2D eigenvalue weighted by atomic mass is 9.98. The Labute approximate surface area is 119 Å². The van der Waals surface area contributed by atoms with E-state index in [-0.39, 0.29) is 30.9 Å². The molecule has 21 heavy (non-hydrogen) atoms. The number of aromatic carboxylic acids is 1. The molecule has 0 saturated carbocycles. The lowest BCUT2D eigenvalue weighted by Crippen LogP contribution is -2.36. The van der Waals surface area contributed by atoms with Crippen LogP contribution in [0.5, 0.6) is 0 Å². The summed E-state index contributed by atoms with van der Waals surface area (Å²) in [7, 11) is 0. The second kappa shape index (κ2) is 5.75. The van der Waals surface area contributed by atoms with Gasteiger partial charge in [-0.25, -0.2) is 4.79 Å². The van der Waals surface area contributed by atoms with Gasteiger partial charge in [0.05, 0.1) is 5.56 Å². The highest BCUT2D eigenvalue weighted by atomic mass is 19.4. The van der Waals surface area contributed by atoms with Gasteiger partial charge in [-0.05, 0) is 36.6 Å². The number of carbonyl (C=O) groups excluding carboxylic acids is 1. The van der Waals surface area contributed by atoms with E-state index in [1.165, 1.54) is 23.1 Å². The number of carbonyl (C=O) groups is 2. The molecule has 4 nitrogen and oxygen atoms in total. The van der Waals surface area contributed by atoms with Crippen molar-refractivity contribution in [3.05, 3.63) is 29.3 Å². The predicted octanol–water partition coefficient (Wildman–Crippen LogP) is 3.01. The smallest absolute Gasteiger partial charge is 0.389 e. The average Bonchev–Trinajstić information content (AvgIpc) is 2.39. The number of aryl methyl sites for hydroxylation is 1. The SMILES string of the molecule is O=C(O)c1ccc2c(c1)CCC(=O)N2CCCC(F)(F)F. The summed E-state index contributed by atoms with van der Waals surface area (Å²) in [5.74, 6) is -1.30. The van der Waals surface area contributed by atoms with E-state index in [1.807, 2.05) is 0 Å². The topological polar surface area (TPSA) is 57.6 Å². The van der Waals surface area contributed by atoms with Gasteiger partial charge in [0.15, 0.2) is 0 Å². The molecular weight excluding hydrogens is 287 g/mol. The van der Waals surface area contributed by atoms with Crippen molar-refractivity contribution in [1.82, 2.24) is 0 Å². The minimum atomic E-state index is -4.24. The Hall–Kier alpha value is -2.05. The number of rotatable bonds is 4. The predicted molar refractivity (Wildman–Crippen MR) is 69.4 cm³/mol. The van der Waals surface area contributed by atoms with Crippen molar-refractivity contribution in [1.29, 1.82) is 0 Å². The number of amides is 1. The molecule has 0 bridgehead atoms. The molecule has 0 unspecified atom stereocenters. The lowest BCUT2D eigenvalue weighted by molar-refractivity contribution is -0.135. The normalized spacial score (nSPS) is 15.0. The van der Waals surface area contributed by atoms with Gasteiger partial charge in [-0.1, -0.05) is 0 Å². The van der Waals surface area contributed by atoms with Crippen molar-refractivity contribution >= 4 is 17.6 Å². The van der Waals surface area contributed by atoms with Gasteiger partial charge in [0.2, 0.25) is 5.91 Å². The van der Waals surface area contributed by atoms with Gasteiger partial charge >= 0.3 is 12.1 Å². The van der Waals surface area contributed by atoms with Crippen LogP contribution in [-0.2, 0) is 11.2 Å². The van der Waals surface area contributed by atoms with Gasteiger partial charge in [0, 0.05) is 25.1 Å². The Morgan fingerprint density at radius 2 is 2.00 bits per heavy atom. The van der Waals surface area contributed by atoms with Gasteiger partial charge < -0.3 is 10.0 Å². The van der Waals surface area contributed by atoms with E-state index in [9.17, 15) is 22.8 Å². The summed E-state index contributed by atoms with van der Waals surface area (Å²) < 4.78 is 36.5. The standard InChI is InChI=1S/C14H14F3NO3/c15-14(16,17)6-1-7-18-11-4-2-10(13(20)21)8-9(11)3-5-12(18)19/h2,4,8H,1,3,5-7H2,(H,20,21). The summed E-state index contributed by atoms with van der Waals surface area (Å²) in [5.41, 5.74) is 1.30. The molecule has 0 spiro atoms. The first kappa shape index (κ1) is 15.3. The minimum absolute atomic E-state index is 0.0161. The van der Waals surface area contributed by atoms with Crippen LogP contribution < -0.4 is 4.90 Å². The van der Waals surface area contributed by atoms with Gasteiger partial charge in [-0.15, -0.1) is 0 Å². The summed E-state index contributed by atoms with van der Waals surface area (Å²) in [6.07, 6.45) is -4.77. The van der Waals surface area contributed by atoms with E-state index in [0.29, 0.717) is 17.7 Å². The van der Waals surface area contributed by atoms with E-state index in [4.69, 9.17) is 5.11 Å². The van der Waals surface area contributed by atoms with Crippen LogP contribution in [0.4, 0.5) is 18.9 Å². The van der Waals surface area contributed by atoms with Crippen molar-refractivity contribution in [3.63, 3.8) is 0 Å². The van der Waals surface area contributed by atoms with Crippen LogP contribution >= 0.6 is 0 Å². The number of alkyl halides is 3. The third kappa shape index (κ3) is 3.74. The molecule has 1 N–H and O–H groups in total. The first-order chi connectivity index (χ1) is 9.78. The fourth-order valence-corrected chi connectivity index (χ4v) is 2.38. The summed E-state index contributed by atoms with van der Waals surface area (Å²) in [6, 6.07) is 4.32. The zero-order valence-corrected chi connectivity index (χ0v) is 11.1. The van der Waals surface area contributed by atoms with E-state index >= 15 is 0 Å². The van der Waals surface area contributed by atoms with Gasteiger partial charge in [-0.3, -0.25) is 4.79 Å². The average molecular weight is 301 g/mol. The molecule has 1 amide bonds. The monoisotopic (exact) mass is 301 g/mol. The number of benzene rings is 1. The molecule has 114 valence electrons. The van der Waals surface area contributed by atoms with Crippen molar-refractivity contribution in [3.8, 4) is 0 Å². The summed E-state index contributed by atoms with van der Waals surface area (Å²) in [4.78, 5) is 24.1. The second-order valence-electron chi connectivity index (χ2n) is 4.91. The molecule has 1 aliphatic heterocycles. The second-order valence-corrected chi connectivity index (χ2v) is 4.91. The number of carboxylic acid groups (broad SMARTS) is 1. The van der Waals surface area contributed by atoms with Crippen LogP contribution in [0.25, 0.3) is 0 Å². The number of carboxylic acids is 1. The van der Waals surface area contributed by atoms with E-state index in [2.05, 4.69) is 0 Å². The summed E-state index contributed by atoms with van der Waals surface area (Å²) >= 11 is 0. The third-order valence-corrected chi connectivity index (χ3v) is 3.37. The maximum atomic E-state index is 12.2. The molecular formula is C14H14F3NO3. The fraction of sp³-hybridized carbons (Fsp3) is 0.429. The molecule has 0 radical (unpaired) electrons. The first-order valence-corrected chi connectivity index (χ1v) is 6.51. The summed E-state index contributed by atoms with van der Waals surface area (Å²) in [5, 5.41) is 8.93. The highest BCUT2D eigenvalue weighted by Crippen LogP contribution is 2.30. The Morgan fingerprint density at radius 3 is 2.62 bits per heavy atom. The highest BCUT2D eigenvalue weighted by Gasteiger charge is 2.29. The van der Waals surface area contributed by atoms with E-state index in [0.717, 1.165) is 0 Å². The molecule has 0 atom stereocenters. The Balaban J connectivity index is 2.16. The number of anilines is 1. The van der Waals surface area contributed by atoms with Crippen LogP contribution in [0.1, 0.15) is 35.2 Å². The molecule has 0 aliphatic carbocycles. The minimum Gasteiger partial charge on any atom is -0.478 e. The van der Waals surface area contributed by atoms with E-state index in [1.54, 1.807) is 0 Å². The van der Waals surface area contributed by atoms with Crippen LogP contribution in [0.15, 0.2) is 18.2 Å². The van der Waals surface area contributed by atoms with Crippen LogP contribution in [0.3, 0.4) is 0 Å². The highest BCUT2D eigenvalue weighted by molar-refractivity contribution is 5.97. The van der Waals surface area contributed by atoms with Crippen molar-refractivity contribution in [2.75, 3.05) is 11.4 Å². The Morgan fingerprint density at radius 1 is 1.29 bits per heavy atom. The Kier molecular flexibility index (Phi) is 4.20. The molecule has 2 rings (SSSR count). The zero-order chi connectivity index (χ0) is 15.6. The number of halogens is 3. The molecule has 1 aromatic rings. The Bertz CT molecular complexity index is 569. The maximum Gasteiger partial charge on any atom is 0.389 e. The first-order valence-electron chi connectivity index (χ1n) is 6.51. The van der Waals surface area contributed by atoms with Crippen LogP contribution in [0.2, 0.25) is 0 Å². The number of fused-ring (bicyclic) bond motifs is 1. The van der Waals surface area contributed by atoms with Crippen LogP contribution in [0, 0.1) is 0 Å². The molecule has 0 saturated heterocycles. The molecule has 0 fully saturated rings. The van der Waals surface area contributed by atoms with Gasteiger partial charge in [-0.2, -0.15) is 13.2 Å². The third-order valence-electron chi connectivity index (χ3n) is 3.37. The molecule has 1 aliphatic rings. The van der Waals surface area contributed by atoms with Crippen molar-refractivity contribution < 1.29 is 27.9 Å². The number of hydrogen-bond acceptors (Lipinski definition) is 2. The zero-order valence-electron chi connectivity index (χ0n) is 11.1. The van der Waals surface area contributed by atoms with Crippen molar-refractivity contribution in [2.45, 2.75) is 31.9 Å². The number of hydrogen-bond donors (Lipinski definition) is 1. The van der Waals surface area contributed by atoms with Crippen LogP contribution in [-0.4, -0.2) is 29.7 Å². The van der Waals surface area contributed by atoms with Crippen molar-refractivity contribution in [2.24, 2.45) is 0 Å².